The summed E-state index contributed by atoms with van der Waals surface area (Å²) in [6.07, 6.45) is 2.70. The van der Waals surface area contributed by atoms with Gasteiger partial charge in [-0.25, -0.2) is 0 Å². The molecule has 1 fully saturated rings. The lowest BCUT2D eigenvalue weighted by Gasteiger charge is -2.44. The summed E-state index contributed by atoms with van der Waals surface area (Å²) in [5.41, 5.74) is 2.84. The molecule has 1 saturated heterocycles. The van der Waals surface area contributed by atoms with Gasteiger partial charge in [-0.3, -0.25) is 4.90 Å². The van der Waals surface area contributed by atoms with Crippen molar-refractivity contribution in [2.24, 2.45) is 11.8 Å². The van der Waals surface area contributed by atoms with E-state index in [0.717, 1.165) is 17.9 Å². The first-order chi connectivity index (χ1) is 8.99. The summed E-state index contributed by atoms with van der Waals surface area (Å²) in [4.78, 5) is 2.74. The highest BCUT2D eigenvalue weighted by Gasteiger charge is 2.31. The minimum Gasteiger partial charge on any atom is -0.293 e. The van der Waals surface area contributed by atoms with E-state index in [1.165, 1.54) is 30.5 Å². The van der Waals surface area contributed by atoms with Crippen LogP contribution >= 0.6 is 0 Å². The van der Waals surface area contributed by atoms with E-state index in [2.05, 4.69) is 63.8 Å². The predicted octanol–water partition coefficient (Wildman–Crippen LogP) is 4.81. The molecule has 1 heterocycles. The molecule has 3 atom stereocenters. The molecule has 1 aliphatic rings. The minimum absolute atomic E-state index is 0.541. The molecule has 0 bridgehead atoms. The third-order valence-electron chi connectivity index (χ3n) is 4.74. The topological polar surface area (TPSA) is 3.24 Å². The van der Waals surface area contributed by atoms with Crippen LogP contribution in [0.2, 0.25) is 0 Å². The highest BCUT2D eigenvalue weighted by molar-refractivity contribution is 5.25. The Hall–Kier alpha value is -0.820. The Kier molecular flexibility index (Phi) is 4.67. The van der Waals surface area contributed by atoms with E-state index in [1.807, 2.05) is 0 Å². The van der Waals surface area contributed by atoms with Crippen LogP contribution in [0, 0.1) is 18.8 Å². The van der Waals surface area contributed by atoms with Gasteiger partial charge >= 0.3 is 0 Å². The highest BCUT2D eigenvalue weighted by atomic mass is 15.2. The van der Waals surface area contributed by atoms with Crippen molar-refractivity contribution >= 4 is 0 Å². The number of rotatable bonds is 3. The van der Waals surface area contributed by atoms with Gasteiger partial charge in [0.15, 0.2) is 0 Å². The number of hydrogen-bond donors (Lipinski definition) is 0. The third-order valence-corrected chi connectivity index (χ3v) is 4.74. The van der Waals surface area contributed by atoms with Crippen LogP contribution in [0.15, 0.2) is 24.3 Å². The molecule has 2 rings (SSSR count). The van der Waals surface area contributed by atoms with Gasteiger partial charge in [0.25, 0.3) is 0 Å². The summed E-state index contributed by atoms with van der Waals surface area (Å²) in [6.45, 7) is 13.0. The molecule has 19 heavy (non-hydrogen) atoms. The van der Waals surface area contributed by atoms with Crippen molar-refractivity contribution in [3.63, 3.8) is 0 Å². The molecule has 3 unspecified atom stereocenters. The molecule has 1 nitrogen and oxygen atoms in total. The highest BCUT2D eigenvalue weighted by Crippen LogP contribution is 2.34. The monoisotopic (exact) mass is 259 g/mol. The number of piperidine rings is 1. The van der Waals surface area contributed by atoms with Crippen LogP contribution < -0.4 is 0 Å². The van der Waals surface area contributed by atoms with Crippen LogP contribution in [0.5, 0.6) is 0 Å². The number of likely N-dealkylation sites (tertiary alicyclic amines) is 1. The fourth-order valence-electron chi connectivity index (χ4n) is 3.46. The van der Waals surface area contributed by atoms with E-state index >= 15 is 0 Å². The molecule has 0 radical (unpaired) electrons. The summed E-state index contributed by atoms with van der Waals surface area (Å²) in [6, 6.07) is 10.3. The molecule has 0 N–H and O–H groups in total. The van der Waals surface area contributed by atoms with E-state index in [1.54, 1.807) is 0 Å². The first kappa shape index (κ1) is 14.6. The van der Waals surface area contributed by atoms with Gasteiger partial charge < -0.3 is 0 Å². The van der Waals surface area contributed by atoms with Gasteiger partial charge in [0.05, 0.1) is 0 Å². The maximum atomic E-state index is 2.74. The Bertz CT molecular complexity index is 410. The second kappa shape index (κ2) is 6.09. The lowest BCUT2D eigenvalue weighted by Crippen LogP contribution is -2.46. The zero-order chi connectivity index (χ0) is 14.0. The Morgan fingerprint density at radius 1 is 1.21 bits per heavy atom. The van der Waals surface area contributed by atoms with E-state index in [0.29, 0.717) is 6.04 Å². The van der Waals surface area contributed by atoms with Gasteiger partial charge in [-0.1, -0.05) is 50.6 Å². The first-order valence-electron chi connectivity index (χ1n) is 7.81. The Morgan fingerprint density at radius 2 is 1.95 bits per heavy atom. The maximum absolute atomic E-state index is 2.74. The zero-order valence-electron chi connectivity index (χ0n) is 13.2. The summed E-state index contributed by atoms with van der Waals surface area (Å²) in [7, 11) is 0. The zero-order valence-corrected chi connectivity index (χ0v) is 13.2. The molecule has 1 heteroatoms. The van der Waals surface area contributed by atoms with Gasteiger partial charge in [-0.2, -0.15) is 0 Å². The maximum Gasteiger partial charge on any atom is 0.0323 e. The molecule has 0 aromatic heterocycles. The van der Waals surface area contributed by atoms with Crippen LogP contribution in [0.4, 0.5) is 0 Å². The number of nitrogens with zero attached hydrogens (tertiary/aromatic N) is 1. The van der Waals surface area contributed by atoms with Gasteiger partial charge in [-0.15, -0.1) is 0 Å². The lowest BCUT2D eigenvalue weighted by molar-refractivity contribution is 0.0512. The summed E-state index contributed by atoms with van der Waals surface area (Å²) < 4.78 is 0. The molecule has 0 saturated carbocycles. The van der Waals surface area contributed by atoms with Gasteiger partial charge in [0, 0.05) is 12.1 Å². The average molecular weight is 259 g/mol. The number of hydrogen-bond acceptors (Lipinski definition) is 1. The average Bonchev–Trinajstić information content (AvgIpc) is 2.37. The molecule has 0 amide bonds. The van der Waals surface area contributed by atoms with Crippen LogP contribution in [0.1, 0.15) is 57.7 Å². The molecule has 1 aromatic carbocycles. The van der Waals surface area contributed by atoms with Crippen molar-refractivity contribution in [2.75, 3.05) is 6.54 Å². The fraction of sp³-hybridized carbons (Fsp3) is 0.667. The van der Waals surface area contributed by atoms with Crippen LogP contribution in [0.3, 0.4) is 0 Å². The molecule has 1 aromatic rings. The molecule has 1 aliphatic heterocycles. The van der Waals surface area contributed by atoms with Gasteiger partial charge in [-0.05, 0) is 50.6 Å². The van der Waals surface area contributed by atoms with E-state index in [4.69, 9.17) is 0 Å². The predicted molar refractivity (Wildman–Crippen MR) is 83.3 cm³/mol. The van der Waals surface area contributed by atoms with E-state index < -0.39 is 0 Å². The van der Waals surface area contributed by atoms with Crippen molar-refractivity contribution in [3.05, 3.63) is 35.4 Å². The summed E-state index contributed by atoms with van der Waals surface area (Å²) in [5.74, 6) is 1.63. The number of benzene rings is 1. The van der Waals surface area contributed by atoms with Crippen LogP contribution in [-0.2, 0) is 0 Å². The SMILES string of the molecule is Cc1cccc(C(C)N2CCC(C)CC2C(C)C)c1. The van der Waals surface area contributed by atoms with Gasteiger partial charge in [0.2, 0.25) is 0 Å². The van der Waals surface area contributed by atoms with E-state index in [-0.39, 0.29) is 0 Å². The van der Waals surface area contributed by atoms with E-state index in [9.17, 15) is 0 Å². The molecular formula is C18H29N. The summed E-state index contributed by atoms with van der Waals surface area (Å²) >= 11 is 0. The molecule has 0 aliphatic carbocycles. The van der Waals surface area contributed by atoms with Crippen LogP contribution in [0.25, 0.3) is 0 Å². The quantitative estimate of drug-likeness (QED) is 0.752. The van der Waals surface area contributed by atoms with Crippen molar-refractivity contribution in [1.82, 2.24) is 4.90 Å². The van der Waals surface area contributed by atoms with Crippen LogP contribution in [-0.4, -0.2) is 17.5 Å². The second-order valence-electron chi connectivity index (χ2n) is 6.77. The summed E-state index contributed by atoms with van der Waals surface area (Å²) in [5, 5.41) is 0. The van der Waals surface area contributed by atoms with Gasteiger partial charge in [0.1, 0.15) is 0 Å². The smallest absolute Gasteiger partial charge is 0.0323 e. The first-order valence-corrected chi connectivity index (χ1v) is 7.81. The normalized spacial score (nSPS) is 26.6. The molecule has 0 spiro atoms. The standard InChI is InChI=1S/C18H29N/c1-13(2)18-12-15(4)9-10-19(18)16(5)17-8-6-7-14(3)11-17/h6-8,11,13,15-16,18H,9-10,12H2,1-5H3. The van der Waals surface area contributed by atoms with Crippen molar-refractivity contribution in [3.8, 4) is 0 Å². The Morgan fingerprint density at radius 3 is 2.58 bits per heavy atom. The largest absolute Gasteiger partial charge is 0.293 e. The Labute approximate surface area is 119 Å². The number of aryl methyl sites for hydroxylation is 1. The second-order valence-corrected chi connectivity index (χ2v) is 6.77. The van der Waals surface area contributed by atoms with Crippen molar-refractivity contribution in [1.29, 1.82) is 0 Å². The minimum atomic E-state index is 0.541. The van der Waals surface area contributed by atoms with Crippen molar-refractivity contribution in [2.45, 2.75) is 59.5 Å². The van der Waals surface area contributed by atoms with Crippen molar-refractivity contribution < 1.29 is 0 Å². The third kappa shape index (κ3) is 3.39. The Balaban J connectivity index is 2.18. The fourth-order valence-corrected chi connectivity index (χ4v) is 3.46. The lowest BCUT2D eigenvalue weighted by atomic mass is 9.84. The molecular weight excluding hydrogens is 230 g/mol. The molecule has 106 valence electrons.